The van der Waals surface area contributed by atoms with E-state index in [9.17, 15) is 4.79 Å². The minimum Gasteiger partial charge on any atom is -0.491 e. The van der Waals surface area contributed by atoms with Crippen LogP contribution in [0.1, 0.15) is 23.7 Å². The lowest BCUT2D eigenvalue weighted by molar-refractivity contribution is 0.310. The van der Waals surface area contributed by atoms with Crippen molar-refractivity contribution in [3.8, 4) is 11.5 Å². The van der Waals surface area contributed by atoms with E-state index in [0.29, 0.717) is 39.9 Å². The third-order valence-electron chi connectivity index (χ3n) is 3.21. The highest BCUT2D eigenvalue weighted by Gasteiger charge is 2.14. The lowest BCUT2D eigenvalue weighted by Crippen LogP contribution is -2.16. The summed E-state index contributed by atoms with van der Waals surface area (Å²) in [7, 11) is 1.54. The van der Waals surface area contributed by atoms with Crippen LogP contribution in [-0.4, -0.2) is 23.7 Å². The number of ether oxygens (including phenoxy) is 2. The number of benzene rings is 1. The molecule has 0 aliphatic rings. The van der Waals surface area contributed by atoms with Crippen LogP contribution in [0.4, 0.5) is 0 Å². The van der Waals surface area contributed by atoms with Gasteiger partial charge in [-0.2, -0.15) is 0 Å². The van der Waals surface area contributed by atoms with Crippen LogP contribution in [0.15, 0.2) is 16.9 Å². The van der Waals surface area contributed by atoms with E-state index in [1.807, 2.05) is 19.9 Å². The lowest BCUT2D eigenvalue weighted by Gasteiger charge is -2.13. The Morgan fingerprint density at radius 1 is 1.32 bits per heavy atom. The Morgan fingerprint density at radius 2 is 2.05 bits per heavy atom. The van der Waals surface area contributed by atoms with Gasteiger partial charge in [-0.15, -0.1) is 0 Å². The molecule has 0 fully saturated rings. The topological polar surface area (TPSA) is 67.1 Å². The number of hydrogen-bond donors (Lipinski definition) is 2. The monoisotopic (exact) mass is 340 g/mol. The van der Waals surface area contributed by atoms with E-state index >= 15 is 0 Å². The Labute approximate surface area is 138 Å². The average molecular weight is 341 g/mol. The number of halogens is 1. The highest BCUT2D eigenvalue weighted by atomic mass is 35.5. The van der Waals surface area contributed by atoms with Crippen LogP contribution in [0.5, 0.6) is 11.5 Å². The summed E-state index contributed by atoms with van der Waals surface area (Å²) in [5.74, 6) is 1.05. The first-order valence-electron chi connectivity index (χ1n) is 6.77. The Bertz CT molecular complexity index is 798. The maximum absolute atomic E-state index is 12.1. The van der Waals surface area contributed by atoms with Gasteiger partial charge < -0.3 is 14.5 Å². The molecular formula is C15H17ClN2O3S. The van der Waals surface area contributed by atoms with Gasteiger partial charge in [-0.3, -0.25) is 9.78 Å². The molecule has 0 unspecified atom stereocenters. The van der Waals surface area contributed by atoms with Gasteiger partial charge in [0, 0.05) is 17.7 Å². The molecule has 0 atom stereocenters. The second-order valence-electron chi connectivity index (χ2n) is 4.73. The summed E-state index contributed by atoms with van der Waals surface area (Å²) in [6.07, 6.45) is 0.414. The van der Waals surface area contributed by atoms with Gasteiger partial charge in [-0.05, 0) is 43.8 Å². The molecule has 22 heavy (non-hydrogen) atoms. The zero-order valence-electron chi connectivity index (χ0n) is 12.6. The van der Waals surface area contributed by atoms with Crippen molar-refractivity contribution in [1.82, 2.24) is 9.97 Å². The van der Waals surface area contributed by atoms with Crippen LogP contribution < -0.4 is 15.0 Å². The molecule has 0 aliphatic heterocycles. The number of aryl methyl sites for hydroxylation is 1. The van der Waals surface area contributed by atoms with Crippen LogP contribution >= 0.6 is 23.8 Å². The van der Waals surface area contributed by atoms with Gasteiger partial charge in [-0.1, -0.05) is 11.6 Å². The second kappa shape index (κ2) is 6.98. The number of aromatic amines is 2. The van der Waals surface area contributed by atoms with E-state index in [1.54, 1.807) is 6.07 Å². The van der Waals surface area contributed by atoms with Gasteiger partial charge in [0.25, 0.3) is 5.56 Å². The molecule has 1 aromatic heterocycles. The predicted octanol–water partition coefficient (Wildman–Crippen LogP) is 3.39. The number of rotatable bonds is 5. The summed E-state index contributed by atoms with van der Waals surface area (Å²) in [5, 5.41) is 0.446. The third-order valence-corrected chi connectivity index (χ3v) is 3.69. The van der Waals surface area contributed by atoms with Crippen molar-refractivity contribution in [2.24, 2.45) is 0 Å². The van der Waals surface area contributed by atoms with Crippen molar-refractivity contribution in [3.05, 3.63) is 49.1 Å². The van der Waals surface area contributed by atoms with E-state index in [2.05, 4.69) is 9.97 Å². The molecule has 0 bridgehead atoms. The summed E-state index contributed by atoms with van der Waals surface area (Å²) in [6, 6.07) is 3.60. The number of nitrogens with one attached hydrogen (secondary N) is 2. The number of hydrogen-bond acceptors (Lipinski definition) is 4. The molecule has 0 saturated carbocycles. The Hall–Kier alpha value is -1.79. The number of aromatic nitrogens is 2. The smallest absolute Gasteiger partial charge is 0.255 e. The van der Waals surface area contributed by atoms with Crippen LogP contribution in [-0.2, 0) is 6.42 Å². The maximum atomic E-state index is 12.1. The van der Waals surface area contributed by atoms with E-state index in [-0.39, 0.29) is 5.56 Å². The van der Waals surface area contributed by atoms with Gasteiger partial charge in [0.2, 0.25) is 0 Å². The molecule has 0 spiro atoms. The van der Waals surface area contributed by atoms with Gasteiger partial charge in [0.05, 0.1) is 18.7 Å². The summed E-state index contributed by atoms with van der Waals surface area (Å²) in [5.41, 5.74) is 2.00. The third kappa shape index (κ3) is 3.51. The van der Waals surface area contributed by atoms with Crippen molar-refractivity contribution >= 4 is 23.8 Å². The Kier molecular flexibility index (Phi) is 5.26. The maximum Gasteiger partial charge on any atom is 0.255 e. The zero-order valence-corrected chi connectivity index (χ0v) is 14.2. The highest BCUT2D eigenvalue weighted by Crippen LogP contribution is 2.36. The molecular weight excluding hydrogens is 324 g/mol. The first-order valence-corrected chi connectivity index (χ1v) is 7.56. The molecule has 2 aromatic rings. The molecule has 118 valence electrons. The van der Waals surface area contributed by atoms with Crippen LogP contribution in [0.2, 0.25) is 5.02 Å². The standard InChI is InChI=1S/C15H17ClN2O3S/c1-4-21-12-7-9(6-11(16)13(12)20-3)5-10-8(2)17-15(22)18-14(10)19/h6-7H,4-5H2,1-3H3,(H2,17,18,19,22). The average Bonchev–Trinajstić information content (AvgIpc) is 2.43. The van der Waals surface area contributed by atoms with Gasteiger partial charge >= 0.3 is 0 Å². The molecule has 0 amide bonds. The molecule has 1 heterocycles. The zero-order chi connectivity index (χ0) is 16.3. The van der Waals surface area contributed by atoms with Crippen molar-refractivity contribution < 1.29 is 9.47 Å². The molecule has 5 nitrogen and oxygen atoms in total. The van der Waals surface area contributed by atoms with Gasteiger partial charge in [-0.25, -0.2) is 0 Å². The minimum absolute atomic E-state index is 0.203. The molecule has 0 saturated heterocycles. The SMILES string of the molecule is CCOc1cc(Cc2c(C)[nH]c(=S)[nH]c2=O)cc(Cl)c1OC. The highest BCUT2D eigenvalue weighted by molar-refractivity contribution is 7.71. The summed E-state index contributed by atoms with van der Waals surface area (Å²) < 4.78 is 11.1. The summed E-state index contributed by atoms with van der Waals surface area (Å²) in [4.78, 5) is 17.6. The Morgan fingerprint density at radius 3 is 2.64 bits per heavy atom. The number of methoxy groups -OCH3 is 1. The van der Waals surface area contributed by atoms with E-state index in [0.717, 1.165) is 11.3 Å². The molecule has 1 aromatic carbocycles. The summed E-state index contributed by atoms with van der Waals surface area (Å²) in [6.45, 7) is 4.19. The lowest BCUT2D eigenvalue weighted by atomic mass is 10.0. The van der Waals surface area contributed by atoms with Crippen LogP contribution in [0.25, 0.3) is 0 Å². The minimum atomic E-state index is -0.203. The number of H-pyrrole nitrogens is 2. The summed E-state index contributed by atoms with van der Waals surface area (Å²) >= 11 is 11.2. The molecule has 2 N–H and O–H groups in total. The fraction of sp³-hybridized carbons (Fsp3) is 0.333. The van der Waals surface area contributed by atoms with E-state index < -0.39 is 0 Å². The largest absolute Gasteiger partial charge is 0.491 e. The van der Waals surface area contributed by atoms with Crippen molar-refractivity contribution in [2.45, 2.75) is 20.3 Å². The van der Waals surface area contributed by atoms with Crippen molar-refractivity contribution in [2.75, 3.05) is 13.7 Å². The first kappa shape index (κ1) is 16.6. The quantitative estimate of drug-likeness (QED) is 0.819. The normalized spacial score (nSPS) is 10.5. The van der Waals surface area contributed by atoms with Gasteiger partial charge in [0.15, 0.2) is 16.3 Å². The first-order chi connectivity index (χ1) is 10.5. The second-order valence-corrected chi connectivity index (χ2v) is 5.55. The fourth-order valence-corrected chi connectivity index (χ4v) is 2.78. The van der Waals surface area contributed by atoms with Crippen LogP contribution in [0, 0.1) is 11.7 Å². The fourth-order valence-electron chi connectivity index (χ4n) is 2.23. The van der Waals surface area contributed by atoms with Crippen molar-refractivity contribution in [3.63, 3.8) is 0 Å². The van der Waals surface area contributed by atoms with Crippen LogP contribution in [0.3, 0.4) is 0 Å². The van der Waals surface area contributed by atoms with E-state index in [1.165, 1.54) is 7.11 Å². The van der Waals surface area contributed by atoms with Gasteiger partial charge in [0.1, 0.15) is 0 Å². The van der Waals surface area contributed by atoms with Crippen molar-refractivity contribution in [1.29, 1.82) is 0 Å². The molecule has 0 radical (unpaired) electrons. The molecule has 0 aliphatic carbocycles. The predicted molar refractivity (Wildman–Crippen MR) is 89.0 cm³/mol. The Balaban J connectivity index is 2.47. The molecule has 7 heteroatoms. The molecule has 2 rings (SSSR count). The van der Waals surface area contributed by atoms with E-state index in [4.69, 9.17) is 33.3 Å².